The van der Waals surface area contributed by atoms with Crippen molar-refractivity contribution in [2.45, 2.75) is 45.8 Å². The molecule has 1 atom stereocenters. The van der Waals surface area contributed by atoms with Crippen molar-refractivity contribution in [3.63, 3.8) is 0 Å². The predicted molar refractivity (Wildman–Crippen MR) is 71.8 cm³/mol. The molecular weight excluding hydrogens is 250 g/mol. The predicted octanol–water partition coefficient (Wildman–Crippen LogP) is 3.21. The number of nitrogens with one attached hydrogen (secondary N) is 1. The standard InChI is InChI=1S/C13H19NO3S/c1-9-6-8-18-11(9)10(5-7-15)14-12(16)17-13(2,3)4/h6-8,10H,5H2,1-4H3,(H,14,16)/t10-/m1/s1. The molecule has 1 aromatic rings. The average molecular weight is 269 g/mol. The van der Waals surface area contributed by atoms with E-state index in [0.29, 0.717) is 0 Å². The van der Waals surface area contributed by atoms with Crippen LogP contribution in [-0.4, -0.2) is 18.0 Å². The van der Waals surface area contributed by atoms with Crippen LogP contribution in [0.4, 0.5) is 4.79 Å². The van der Waals surface area contributed by atoms with Crippen molar-refractivity contribution in [3.05, 3.63) is 21.9 Å². The van der Waals surface area contributed by atoms with Gasteiger partial charge in [-0.1, -0.05) is 0 Å². The maximum absolute atomic E-state index is 11.7. The molecule has 1 rings (SSSR count). The van der Waals surface area contributed by atoms with Gasteiger partial charge in [-0.3, -0.25) is 0 Å². The molecule has 0 bridgehead atoms. The van der Waals surface area contributed by atoms with E-state index < -0.39 is 11.7 Å². The van der Waals surface area contributed by atoms with Crippen LogP contribution in [-0.2, 0) is 9.53 Å². The van der Waals surface area contributed by atoms with Crippen molar-refractivity contribution in [2.75, 3.05) is 0 Å². The molecule has 1 heterocycles. The lowest BCUT2D eigenvalue weighted by Gasteiger charge is -2.22. The lowest BCUT2D eigenvalue weighted by Crippen LogP contribution is -2.35. The molecule has 0 aliphatic carbocycles. The second kappa shape index (κ2) is 6.00. The summed E-state index contributed by atoms with van der Waals surface area (Å²) >= 11 is 1.53. The SMILES string of the molecule is Cc1ccsc1[C@@H](CC=O)NC(=O)OC(C)(C)C. The van der Waals surface area contributed by atoms with E-state index in [4.69, 9.17) is 4.74 Å². The topological polar surface area (TPSA) is 55.4 Å². The quantitative estimate of drug-likeness (QED) is 0.854. The summed E-state index contributed by atoms with van der Waals surface area (Å²) < 4.78 is 5.19. The van der Waals surface area contributed by atoms with Gasteiger partial charge in [-0.15, -0.1) is 11.3 Å². The van der Waals surface area contributed by atoms with Gasteiger partial charge in [0.1, 0.15) is 11.9 Å². The van der Waals surface area contributed by atoms with Gasteiger partial charge >= 0.3 is 6.09 Å². The van der Waals surface area contributed by atoms with Gasteiger partial charge in [0.05, 0.1) is 6.04 Å². The molecule has 0 aliphatic heterocycles. The number of hydrogen-bond acceptors (Lipinski definition) is 4. The Hall–Kier alpha value is -1.36. The summed E-state index contributed by atoms with van der Waals surface area (Å²) in [6, 6.07) is 1.66. The van der Waals surface area contributed by atoms with Gasteiger partial charge in [-0.05, 0) is 44.7 Å². The van der Waals surface area contributed by atoms with E-state index in [-0.39, 0.29) is 12.5 Å². The van der Waals surface area contributed by atoms with E-state index in [1.807, 2.05) is 18.4 Å². The molecule has 1 amide bonds. The monoisotopic (exact) mass is 269 g/mol. The molecular formula is C13H19NO3S. The zero-order valence-corrected chi connectivity index (χ0v) is 12.0. The van der Waals surface area contributed by atoms with Gasteiger partial charge in [0.25, 0.3) is 0 Å². The van der Waals surface area contributed by atoms with E-state index in [2.05, 4.69) is 5.32 Å². The zero-order chi connectivity index (χ0) is 13.8. The number of rotatable bonds is 4. The molecule has 4 nitrogen and oxygen atoms in total. The first kappa shape index (κ1) is 14.7. The number of carbonyl (C=O) groups is 2. The molecule has 1 aromatic heterocycles. The maximum Gasteiger partial charge on any atom is 0.408 e. The Morgan fingerprint density at radius 2 is 2.22 bits per heavy atom. The Balaban J connectivity index is 2.73. The van der Waals surface area contributed by atoms with E-state index in [1.165, 1.54) is 11.3 Å². The van der Waals surface area contributed by atoms with Gasteiger partial charge in [0.2, 0.25) is 0 Å². The summed E-state index contributed by atoms with van der Waals surface area (Å²) in [4.78, 5) is 23.4. The van der Waals surface area contributed by atoms with E-state index in [9.17, 15) is 9.59 Å². The number of hydrogen-bond donors (Lipinski definition) is 1. The zero-order valence-electron chi connectivity index (χ0n) is 11.1. The van der Waals surface area contributed by atoms with Crippen LogP contribution in [0.2, 0.25) is 0 Å². The maximum atomic E-state index is 11.7. The number of aldehydes is 1. The highest BCUT2D eigenvalue weighted by Gasteiger charge is 2.21. The van der Waals surface area contributed by atoms with Crippen molar-refractivity contribution in [3.8, 4) is 0 Å². The van der Waals surface area contributed by atoms with E-state index in [1.54, 1.807) is 20.8 Å². The van der Waals surface area contributed by atoms with Gasteiger partial charge < -0.3 is 14.8 Å². The fourth-order valence-electron chi connectivity index (χ4n) is 1.52. The molecule has 0 saturated carbocycles. The Morgan fingerprint density at radius 3 is 2.67 bits per heavy atom. The van der Waals surface area contributed by atoms with Crippen LogP contribution >= 0.6 is 11.3 Å². The van der Waals surface area contributed by atoms with Crippen molar-refractivity contribution < 1.29 is 14.3 Å². The van der Waals surface area contributed by atoms with Gasteiger partial charge in [-0.25, -0.2) is 4.79 Å². The first-order valence-electron chi connectivity index (χ1n) is 5.80. The van der Waals surface area contributed by atoms with Crippen LogP contribution in [0, 0.1) is 6.92 Å². The first-order chi connectivity index (χ1) is 8.33. The van der Waals surface area contributed by atoms with Crippen molar-refractivity contribution in [1.82, 2.24) is 5.32 Å². The number of alkyl carbamates (subject to hydrolysis) is 1. The van der Waals surface area contributed by atoms with Crippen molar-refractivity contribution in [1.29, 1.82) is 0 Å². The summed E-state index contributed by atoms with van der Waals surface area (Å²) in [6.45, 7) is 7.37. The van der Waals surface area contributed by atoms with Gasteiger partial charge in [-0.2, -0.15) is 0 Å². The molecule has 0 aliphatic rings. The van der Waals surface area contributed by atoms with E-state index in [0.717, 1.165) is 16.7 Å². The number of amides is 1. The minimum atomic E-state index is -0.541. The molecule has 18 heavy (non-hydrogen) atoms. The Kier molecular flexibility index (Phi) is 4.90. The number of ether oxygens (including phenoxy) is 1. The minimum absolute atomic E-state index is 0.251. The third-order valence-corrected chi connectivity index (χ3v) is 3.37. The number of carbonyl (C=O) groups excluding carboxylic acids is 2. The Morgan fingerprint density at radius 1 is 1.56 bits per heavy atom. The van der Waals surface area contributed by atoms with Gasteiger partial charge in [0.15, 0.2) is 0 Å². The van der Waals surface area contributed by atoms with Crippen LogP contribution in [0.5, 0.6) is 0 Å². The second-order valence-electron chi connectivity index (χ2n) is 5.07. The summed E-state index contributed by atoms with van der Waals surface area (Å²) in [7, 11) is 0. The third kappa shape index (κ3) is 4.49. The first-order valence-corrected chi connectivity index (χ1v) is 6.68. The minimum Gasteiger partial charge on any atom is -0.444 e. The number of aryl methyl sites for hydroxylation is 1. The highest BCUT2D eigenvalue weighted by molar-refractivity contribution is 7.10. The fourth-order valence-corrected chi connectivity index (χ4v) is 2.51. The molecule has 5 heteroatoms. The molecule has 0 spiro atoms. The van der Waals surface area contributed by atoms with Crippen molar-refractivity contribution >= 4 is 23.7 Å². The number of thiophene rings is 1. The van der Waals surface area contributed by atoms with Crippen LogP contribution < -0.4 is 5.32 Å². The van der Waals surface area contributed by atoms with Crippen molar-refractivity contribution in [2.24, 2.45) is 0 Å². The summed E-state index contributed by atoms with van der Waals surface area (Å²) in [5, 5.41) is 4.68. The Bertz CT molecular complexity index is 420. The second-order valence-corrected chi connectivity index (χ2v) is 6.02. The molecule has 0 aromatic carbocycles. The lowest BCUT2D eigenvalue weighted by atomic mass is 10.1. The molecule has 100 valence electrons. The molecule has 0 fully saturated rings. The Labute approximate surface area is 111 Å². The average Bonchev–Trinajstić information content (AvgIpc) is 2.60. The molecule has 0 radical (unpaired) electrons. The summed E-state index contributed by atoms with van der Waals surface area (Å²) in [5.41, 5.74) is 0.531. The highest BCUT2D eigenvalue weighted by Crippen LogP contribution is 2.26. The van der Waals surface area contributed by atoms with Crippen LogP contribution in [0.15, 0.2) is 11.4 Å². The normalized spacial score (nSPS) is 12.9. The summed E-state index contributed by atoms with van der Waals surface area (Å²) in [5.74, 6) is 0. The summed E-state index contributed by atoms with van der Waals surface area (Å²) in [6.07, 6.45) is 0.559. The third-order valence-electron chi connectivity index (χ3n) is 2.24. The smallest absolute Gasteiger partial charge is 0.408 e. The highest BCUT2D eigenvalue weighted by atomic mass is 32.1. The van der Waals surface area contributed by atoms with Crippen LogP contribution in [0.3, 0.4) is 0 Å². The molecule has 0 saturated heterocycles. The lowest BCUT2D eigenvalue weighted by molar-refractivity contribution is -0.108. The molecule has 1 N–H and O–H groups in total. The van der Waals surface area contributed by atoms with Gasteiger partial charge in [0, 0.05) is 11.3 Å². The largest absolute Gasteiger partial charge is 0.444 e. The van der Waals surface area contributed by atoms with Crippen LogP contribution in [0.25, 0.3) is 0 Å². The van der Waals surface area contributed by atoms with E-state index >= 15 is 0 Å². The fraction of sp³-hybridized carbons (Fsp3) is 0.538. The van der Waals surface area contributed by atoms with Crippen LogP contribution in [0.1, 0.15) is 43.7 Å². The molecule has 0 unspecified atom stereocenters.